The molecule has 6 heteroatoms. The van der Waals surface area contributed by atoms with E-state index in [-0.39, 0.29) is 23.5 Å². The Morgan fingerprint density at radius 1 is 1.21 bits per heavy atom. The first kappa shape index (κ1) is 16.6. The summed E-state index contributed by atoms with van der Waals surface area (Å²) >= 11 is 0. The highest BCUT2D eigenvalue weighted by atomic mass is 16.5. The lowest BCUT2D eigenvalue weighted by atomic mass is 9.54. The minimum atomic E-state index is -0.0416. The number of nitrogens with zero attached hydrogens (tertiary/aromatic N) is 2. The van der Waals surface area contributed by atoms with Gasteiger partial charge in [-0.05, 0) is 48.6 Å². The molecular formula is C23H26N2O4. The van der Waals surface area contributed by atoms with Crippen LogP contribution >= 0.6 is 0 Å². The van der Waals surface area contributed by atoms with Crippen LogP contribution in [-0.2, 0) is 14.9 Å². The van der Waals surface area contributed by atoms with Crippen molar-refractivity contribution >= 4 is 11.6 Å². The van der Waals surface area contributed by atoms with Gasteiger partial charge in [-0.1, -0.05) is 0 Å². The van der Waals surface area contributed by atoms with Crippen molar-refractivity contribution in [2.75, 3.05) is 32.3 Å². The molecule has 29 heavy (non-hydrogen) atoms. The number of fused-ring (bicyclic) bond motifs is 2. The van der Waals surface area contributed by atoms with Gasteiger partial charge in [-0.15, -0.1) is 0 Å². The van der Waals surface area contributed by atoms with E-state index in [1.54, 1.807) is 19.8 Å². The predicted octanol–water partition coefficient (Wildman–Crippen LogP) is 2.46. The molecule has 1 spiro atoms. The smallest absolute Gasteiger partial charge is 0.229 e. The Labute approximate surface area is 170 Å². The van der Waals surface area contributed by atoms with Gasteiger partial charge >= 0.3 is 0 Å². The summed E-state index contributed by atoms with van der Waals surface area (Å²) in [4.78, 5) is 18.2. The summed E-state index contributed by atoms with van der Waals surface area (Å²) in [6.07, 6.45) is 6.25. The van der Waals surface area contributed by atoms with Crippen LogP contribution in [0, 0.1) is 11.8 Å². The molecule has 0 radical (unpaired) electrons. The van der Waals surface area contributed by atoms with Gasteiger partial charge in [-0.2, -0.15) is 0 Å². The summed E-state index contributed by atoms with van der Waals surface area (Å²) in [6.45, 7) is 1.80. The molecule has 0 aromatic heterocycles. The number of anilines is 1. The van der Waals surface area contributed by atoms with Gasteiger partial charge in [0.25, 0.3) is 0 Å². The second kappa shape index (κ2) is 5.28. The topological polar surface area (TPSA) is 51.2 Å². The normalized spacial score (nSPS) is 40.4. The van der Waals surface area contributed by atoms with Crippen LogP contribution in [0.4, 0.5) is 5.69 Å². The second-order valence-corrected chi connectivity index (χ2v) is 9.46. The fourth-order valence-corrected chi connectivity index (χ4v) is 7.82. The summed E-state index contributed by atoms with van der Waals surface area (Å²) in [5.74, 6) is 2.57. The summed E-state index contributed by atoms with van der Waals surface area (Å²) in [6, 6.07) is 4.83. The Balaban J connectivity index is 1.53. The number of hydrogen-bond acceptors (Lipinski definition) is 5. The lowest BCUT2D eigenvalue weighted by molar-refractivity contribution is -0.131. The maximum Gasteiger partial charge on any atom is 0.229 e. The number of ether oxygens (including phenoxy) is 3. The molecule has 0 N–H and O–H groups in total. The Hall–Kier alpha value is -2.21. The molecule has 6 nitrogen and oxygen atoms in total. The standard InChI is InChI=1S/C23H26N2O4/c1-27-16-8-14-15(9-17(16)28-2)25-20(26)10-18-21-13-7-19-23(14,22(21)25)4-5-24(19)11-12(13)3-6-29-18/h8-9,11,13,18-19,21-22H,3-7,10H2,1-2H3/t13-,18-,19-,21?,22-,23+/m0/s1. The zero-order chi connectivity index (χ0) is 19.5. The Morgan fingerprint density at radius 3 is 2.86 bits per heavy atom. The number of rotatable bonds is 2. The zero-order valence-corrected chi connectivity index (χ0v) is 16.9. The van der Waals surface area contributed by atoms with E-state index >= 15 is 0 Å². The average Bonchev–Trinajstić information content (AvgIpc) is 3.20. The molecule has 1 aromatic carbocycles. The van der Waals surface area contributed by atoms with E-state index in [0.717, 1.165) is 37.4 Å². The maximum atomic E-state index is 13.5. The molecule has 1 amide bonds. The number of piperidine rings is 1. The Bertz CT molecular complexity index is 974. The molecule has 2 bridgehead atoms. The fraction of sp³-hybridized carbons (Fsp3) is 0.609. The predicted molar refractivity (Wildman–Crippen MR) is 106 cm³/mol. The van der Waals surface area contributed by atoms with Crippen molar-refractivity contribution < 1.29 is 19.0 Å². The van der Waals surface area contributed by atoms with Crippen molar-refractivity contribution in [3.63, 3.8) is 0 Å². The van der Waals surface area contributed by atoms with Crippen molar-refractivity contribution in [3.05, 3.63) is 29.5 Å². The third-order valence-electron chi connectivity index (χ3n) is 8.76. The van der Waals surface area contributed by atoms with Crippen molar-refractivity contribution in [2.24, 2.45) is 11.8 Å². The number of amides is 1. The van der Waals surface area contributed by atoms with Gasteiger partial charge < -0.3 is 24.0 Å². The van der Waals surface area contributed by atoms with Gasteiger partial charge in [0.1, 0.15) is 0 Å². The number of carbonyl (C=O) groups is 1. The van der Waals surface area contributed by atoms with Crippen molar-refractivity contribution in [1.82, 2.24) is 4.90 Å². The average molecular weight is 394 g/mol. The van der Waals surface area contributed by atoms with Crippen LogP contribution in [0.1, 0.15) is 31.2 Å². The lowest BCUT2D eigenvalue weighted by Gasteiger charge is -2.57. The molecule has 5 heterocycles. The molecule has 6 aliphatic rings. The third-order valence-corrected chi connectivity index (χ3v) is 8.76. The van der Waals surface area contributed by atoms with Crippen molar-refractivity contribution in [3.8, 4) is 11.5 Å². The Morgan fingerprint density at radius 2 is 2.03 bits per heavy atom. The van der Waals surface area contributed by atoms with Gasteiger partial charge in [-0.25, -0.2) is 0 Å². The van der Waals surface area contributed by atoms with Gasteiger partial charge in [0.05, 0.1) is 45.1 Å². The van der Waals surface area contributed by atoms with Crippen LogP contribution in [0.3, 0.4) is 0 Å². The lowest BCUT2D eigenvalue weighted by Crippen LogP contribution is -2.68. The first-order valence-corrected chi connectivity index (χ1v) is 10.8. The molecule has 6 atom stereocenters. The van der Waals surface area contributed by atoms with Crippen molar-refractivity contribution in [1.29, 1.82) is 0 Å². The highest BCUT2D eigenvalue weighted by Gasteiger charge is 2.70. The number of carbonyl (C=O) groups excluding carboxylic acids is 1. The third kappa shape index (κ3) is 1.73. The summed E-state index contributed by atoms with van der Waals surface area (Å²) in [5, 5.41) is 0. The molecule has 3 saturated heterocycles. The van der Waals surface area contributed by atoms with Gasteiger partial charge in [-0.3, -0.25) is 4.79 Å². The molecule has 1 aromatic rings. The molecule has 152 valence electrons. The summed E-state index contributed by atoms with van der Waals surface area (Å²) in [7, 11) is 3.36. The SMILES string of the molecule is COc1cc2c(cc1OC)[C@@]13CCN4C=C5CCO[C@H]6CC(=O)N2[C@H]1C6[C@H]5C[C@H]43. The molecule has 5 aliphatic heterocycles. The van der Waals surface area contributed by atoms with Crippen LogP contribution in [0.5, 0.6) is 11.5 Å². The van der Waals surface area contributed by atoms with Crippen LogP contribution in [-0.4, -0.2) is 56.4 Å². The highest BCUT2D eigenvalue weighted by Crippen LogP contribution is 2.66. The van der Waals surface area contributed by atoms with Gasteiger partial charge in [0, 0.05) is 30.0 Å². The highest BCUT2D eigenvalue weighted by molar-refractivity contribution is 5.99. The van der Waals surface area contributed by atoms with Crippen LogP contribution < -0.4 is 14.4 Å². The van der Waals surface area contributed by atoms with Crippen LogP contribution in [0.15, 0.2) is 23.9 Å². The maximum absolute atomic E-state index is 13.5. The number of benzene rings is 1. The van der Waals surface area contributed by atoms with Crippen LogP contribution in [0.25, 0.3) is 0 Å². The first-order chi connectivity index (χ1) is 14.2. The summed E-state index contributed by atoms with van der Waals surface area (Å²) < 4.78 is 17.6. The minimum Gasteiger partial charge on any atom is -0.493 e. The van der Waals surface area contributed by atoms with E-state index in [9.17, 15) is 4.79 Å². The zero-order valence-electron chi connectivity index (χ0n) is 16.9. The van der Waals surface area contributed by atoms with Gasteiger partial charge in [0.15, 0.2) is 11.5 Å². The molecule has 1 aliphatic carbocycles. The fourth-order valence-electron chi connectivity index (χ4n) is 7.82. The quantitative estimate of drug-likeness (QED) is 0.771. The van der Waals surface area contributed by atoms with E-state index in [1.807, 2.05) is 6.07 Å². The van der Waals surface area contributed by atoms with Gasteiger partial charge in [0.2, 0.25) is 5.91 Å². The molecular weight excluding hydrogens is 368 g/mol. The van der Waals surface area contributed by atoms with E-state index in [0.29, 0.717) is 30.0 Å². The summed E-state index contributed by atoms with van der Waals surface area (Å²) in [5.41, 5.74) is 3.82. The molecule has 1 saturated carbocycles. The van der Waals surface area contributed by atoms with Crippen LogP contribution in [0.2, 0.25) is 0 Å². The first-order valence-electron chi connectivity index (χ1n) is 10.8. The number of methoxy groups -OCH3 is 2. The number of hydrogen-bond donors (Lipinski definition) is 0. The minimum absolute atomic E-state index is 0.0416. The van der Waals surface area contributed by atoms with E-state index in [4.69, 9.17) is 14.2 Å². The molecule has 1 unspecified atom stereocenters. The largest absolute Gasteiger partial charge is 0.493 e. The molecule has 4 fully saturated rings. The van der Waals surface area contributed by atoms with E-state index in [2.05, 4.69) is 22.1 Å². The van der Waals surface area contributed by atoms with Crippen molar-refractivity contribution in [2.45, 2.75) is 49.3 Å². The van der Waals surface area contributed by atoms with E-state index in [1.165, 1.54) is 12.0 Å². The second-order valence-electron chi connectivity index (χ2n) is 9.46. The molecule has 7 rings (SSSR count). The van der Waals surface area contributed by atoms with E-state index < -0.39 is 0 Å². The monoisotopic (exact) mass is 394 g/mol. The Kier molecular flexibility index (Phi) is 3.02.